The number of hydrogen-bond acceptors (Lipinski definition) is 5. The van der Waals surface area contributed by atoms with E-state index in [4.69, 9.17) is 0 Å². The Morgan fingerprint density at radius 1 is 0.720 bits per heavy atom. The quantitative estimate of drug-likeness (QED) is 0.156. The summed E-state index contributed by atoms with van der Waals surface area (Å²) in [7, 11) is 3.81. The average Bonchev–Trinajstić information content (AvgIpc) is 3.81. The fourth-order valence-corrected chi connectivity index (χ4v) is 6.32. The molecule has 0 spiro atoms. The molecule has 6 aromatic rings. The molecule has 8 rings (SSSR count). The fraction of sp³-hybridized carbons (Fsp3) is 0.244. The molecule has 0 bridgehead atoms. The van der Waals surface area contributed by atoms with Crippen molar-refractivity contribution in [2.75, 3.05) is 27.2 Å². The molecule has 2 aromatic heterocycles. The minimum Gasteiger partial charge on any atom is -0.323 e. The summed E-state index contributed by atoms with van der Waals surface area (Å²) < 4.78 is 0. The summed E-state index contributed by atoms with van der Waals surface area (Å²) in [5, 5.41) is 21.6. The standard InChI is InChI=1S/C21H22N4O.C12H13N3.C8H11N/c1-24(14-16-8-4-2-5-9-16)21(26)25-13-12-19-18(15-25)20(23-22-19)17-10-6-3-7-11-17;1-2-4-9(5-3-1)12-10-8-13-7-6-11(10)14-15-12;1-9-7-8-5-3-2-4-6-8/h2-11H,12-15H2,1H3,(H,22,23);1-5,13H,6-8H2,(H,14,15);2-6,9H,7H2,1H3. The van der Waals surface area contributed by atoms with Gasteiger partial charge in [0.05, 0.1) is 17.9 Å². The predicted molar refractivity (Wildman–Crippen MR) is 200 cm³/mol. The lowest BCUT2D eigenvalue weighted by molar-refractivity contribution is 0.155. The highest BCUT2D eigenvalue weighted by Crippen LogP contribution is 2.29. The van der Waals surface area contributed by atoms with Crippen LogP contribution in [0.5, 0.6) is 0 Å². The van der Waals surface area contributed by atoms with E-state index in [-0.39, 0.29) is 6.03 Å². The van der Waals surface area contributed by atoms with Crippen LogP contribution in [0.1, 0.15) is 33.6 Å². The van der Waals surface area contributed by atoms with E-state index in [9.17, 15) is 4.79 Å². The normalized spacial score (nSPS) is 13.1. The van der Waals surface area contributed by atoms with Crippen LogP contribution in [0.2, 0.25) is 0 Å². The second kappa shape index (κ2) is 17.2. The molecule has 0 unspecified atom stereocenters. The third kappa shape index (κ3) is 8.74. The van der Waals surface area contributed by atoms with Gasteiger partial charge in [-0.05, 0) is 18.2 Å². The van der Waals surface area contributed by atoms with E-state index < -0.39 is 0 Å². The smallest absolute Gasteiger partial charge is 0.320 e. The Labute approximate surface area is 294 Å². The van der Waals surface area contributed by atoms with Crippen molar-refractivity contribution < 1.29 is 4.79 Å². The van der Waals surface area contributed by atoms with Gasteiger partial charge in [-0.25, -0.2) is 4.79 Å². The maximum Gasteiger partial charge on any atom is 0.320 e. The average molecular weight is 667 g/mol. The van der Waals surface area contributed by atoms with Gasteiger partial charge >= 0.3 is 6.03 Å². The third-order valence-corrected chi connectivity index (χ3v) is 8.92. The number of benzene rings is 4. The lowest BCUT2D eigenvalue weighted by Crippen LogP contribution is -2.43. The Hall–Kier alpha value is -5.51. The van der Waals surface area contributed by atoms with E-state index in [1.54, 1.807) is 4.90 Å². The number of carbonyl (C=O) groups excluding carboxylic acids is 1. The fourth-order valence-electron chi connectivity index (χ4n) is 6.32. The van der Waals surface area contributed by atoms with Gasteiger partial charge in [0.1, 0.15) is 0 Å². The summed E-state index contributed by atoms with van der Waals surface area (Å²) in [5.74, 6) is 0. The maximum atomic E-state index is 12.9. The maximum absolute atomic E-state index is 12.9. The molecule has 0 fully saturated rings. The van der Waals surface area contributed by atoms with E-state index in [0.717, 1.165) is 66.2 Å². The number of aromatic nitrogens is 4. The molecular weight excluding hydrogens is 621 g/mol. The van der Waals surface area contributed by atoms with Gasteiger partial charge in [-0.3, -0.25) is 10.2 Å². The number of amides is 2. The summed E-state index contributed by atoms with van der Waals surface area (Å²) in [4.78, 5) is 16.6. The first kappa shape index (κ1) is 34.4. The van der Waals surface area contributed by atoms with Crippen molar-refractivity contribution in [1.29, 1.82) is 0 Å². The molecule has 0 saturated carbocycles. The highest BCUT2D eigenvalue weighted by atomic mass is 16.2. The predicted octanol–water partition coefficient (Wildman–Crippen LogP) is 6.82. The van der Waals surface area contributed by atoms with Crippen LogP contribution in [0.3, 0.4) is 0 Å². The zero-order valence-electron chi connectivity index (χ0n) is 28.9. The molecule has 4 N–H and O–H groups in total. The van der Waals surface area contributed by atoms with Gasteiger partial charge in [-0.2, -0.15) is 10.2 Å². The van der Waals surface area contributed by atoms with Gasteiger partial charge in [0, 0.05) is 86.3 Å². The van der Waals surface area contributed by atoms with Crippen LogP contribution in [-0.4, -0.2) is 63.4 Å². The van der Waals surface area contributed by atoms with Crippen molar-refractivity contribution >= 4 is 6.03 Å². The molecule has 256 valence electrons. The Balaban J connectivity index is 0.000000150. The molecule has 0 atom stereocenters. The number of H-pyrrole nitrogens is 2. The number of aromatic amines is 2. The summed E-state index contributed by atoms with van der Waals surface area (Å²) in [5.41, 5.74) is 11.7. The van der Waals surface area contributed by atoms with Crippen LogP contribution < -0.4 is 10.6 Å². The molecule has 0 radical (unpaired) electrons. The van der Waals surface area contributed by atoms with Crippen molar-refractivity contribution in [3.05, 3.63) is 155 Å². The Morgan fingerprint density at radius 3 is 1.82 bits per heavy atom. The second-order valence-electron chi connectivity index (χ2n) is 12.5. The third-order valence-electron chi connectivity index (χ3n) is 8.92. The van der Waals surface area contributed by atoms with Crippen LogP contribution in [0.4, 0.5) is 4.79 Å². The topological polar surface area (TPSA) is 105 Å². The van der Waals surface area contributed by atoms with E-state index in [2.05, 4.69) is 67.4 Å². The second-order valence-corrected chi connectivity index (χ2v) is 12.5. The lowest BCUT2D eigenvalue weighted by Gasteiger charge is -2.31. The van der Waals surface area contributed by atoms with Crippen LogP contribution in [0.25, 0.3) is 22.5 Å². The Bertz CT molecular complexity index is 1910. The summed E-state index contributed by atoms with van der Waals surface area (Å²) in [6, 6.07) is 40.9. The van der Waals surface area contributed by atoms with Crippen LogP contribution in [-0.2, 0) is 39.0 Å². The van der Waals surface area contributed by atoms with Gasteiger partial charge in [0.2, 0.25) is 0 Å². The van der Waals surface area contributed by atoms with Crippen molar-refractivity contribution in [3.8, 4) is 22.5 Å². The summed E-state index contributed by atoms with van der Waals surface area (Å²) in [6.07, 6.45) is 1.86. The molecule has 50 heavy (non-hydrogen) atoms. The molecule has 0 aliphatic carbocycles. The number of hydrogen-bond donors (Lipinski definition) is 4. The first-order valence-corrected chi connectivity index (χ1v) is 17.3. The largest absolute Gasteiger partial charge is 0.323 e. The van der Waals surface area contributed by atoms with E-state index in [1.807, 2.05) is 104 Å². The van der Waals surface area contributed by atoms with Gasteiger partial charge in [0.25, 0.3) is 0 Å². The molecule has 2 aliphatic rings. The van der Waals surface area contributed by atoms with Crippen molar-refractivity contribution in [1.82, 2.24) is 40.8 Å². The number of urea groups is 1. The molecule has 4 heterocycles. The van der Waals surface area contributed by atoms with Gasteiger partial charge in [-0.15, -0.1) is 0 Å². The molecule has 2 amide bonds. The molecule has 9 heteroatoms. The Morgan fingerprint density at radius 2 is 1.24 bits per heavy atom. The zero-order valence-corrected chi connectivity index (χ0v) is 28.9. The number of rotatable bonds is 6. The first-order valence-electron chi connectivity index (χ1n) is 17.3. The molecule has 4 aromatic carbocycles. The highest BCUT2D eigenvalue weighted by molar-refractivity contribution is 5.75. The van der Waals surface area contributed by atoms with Crippen LogP contribution >= 0.6 is 0 Å². The van der Waals surface area contributed by atoms with Gasteiger partial charge in [0.15, 0.2) is 0 Å². The molecule has 2 aliphatic heterocycles. The summed E-state index contributed by atoms with van der Waals surface area (Å²) >= 11 is 0. The van der Waals surface area contributed by atoms with Crippen LogP contribution in [0, 0.1) is 0 Å². The van der Waals surface area contributed by atoms with E-state index in [1.165, 1.54) is 22.4 Å². The van der Waals surface area contributed by atoms with Crippen molar-refractivity contribution in [2.24, 2.45) is 0 Å². The van der Waals surface area contributed by atoms with E-state index >= 15 is 0 Å². The molecular formula is C41H46N8O. The molecule has 9 nitrogen and oxygen atoms in total. The monoisotopic (exact) mass is 666 g/mol. The zero-order chi connectivity index (χ0) is 34.5. The SMILES string of the molecule is CN(Cc1ccccc1)C(=O)N1CCc2[nH]nc(-c3ccccc3)c2C1.CNCc1ccccc1.c1ccc(-c2n[nH]c3c2CNCC3)cc1. The number of nitrogens with zero attached hydrogens (tertiary/aromatic N) is 4. The van der Waals surface area contributed by atoms with Crippen LogP contribution in [0.15, 0.2) is 121 Å². The minimum absolute atomic E-state index is 0.0553. The van der Waals surface area contributed by atoms with Crippen molar-refractivity contribution in [2.45, 2.75) is 39.0 Å². The number of nitrogens with one attached hydrogen (secondary N) is 4. The number of fused-ring (bicyclic) bond motifs is 2. The summed E-state index contributed by atoms with van der Waals surface area (Å²) in [6.45, 7) is 4.84. The highest BCUT2D eigenvalue weighted by Gasteiger charge is 2.27. The van der Waals surface area contributed by atoms with E-state index in [0.29, 0.717) is 19.6 Å². The lowest BCUT2D eigenvalue weighted by atomic mass is 10.0. The minimum atomic E-state index is 0.0553. The number of carbonyl (C=O) groups is 1. The molecule has 0 saturated heterocycles. The first-order chi connectivity index (χ1) is 24.6. The van der Waals surface area contributed by atoms with Gasteiger partial charge in [-0.1, -0.05) is 121 Å². The Kier molecular flexibility index (Phi) is 11.8. The van der Waals surface area contributed by atoms with Gasteiger partial charge < -0.3 is 20.4 Å². The van der Waals surface area contributed by atoms with Crippen molar-refractivity contribution in [3.63, 3.8) is 0 Å².